The highest BCUT2D eigenvalue weighted by molar-refractivity contribution is 6.19. The lowest BCUT2D eigenvalue weighted by Gasteiger charge is -2.23. The summed E-state index contributed by atoms with van der Waals surface area (Å²) in [7, 11) is 0. The number of halogens is 1. The van der Waals surface area contributed by atoms with Crippen LogP contribution in [0.1, 0.15) is 27.2 Å². The molecule has 7 heteroatoms. The third-order valence-corrected chi connectivity index (χ3v) is 5.52. The monoisotopic (exact) mass is 445 g/mol. The van der Waals surface area contributed by atoms with Crippen LogP contribution in [0.15, 0.2) is 84.0 Å². The van der Waals surface area contributed by atoms with Gasteiger partial charge in [0.2, 0.25) is 0 Å². The normalized spacial score (nSPS) is 14.9. The molecule has 3 aromatic rings. The summed E-state index contributed by atoms with van der Waals surface area (Å²) in [6, 6.07) is 18.0. The van der Waals surface area contributed by atoms with Gasteiger partial charge in [0.1, 0.15) is 5.82 Å². The molecule has 3 N–H and O–H groups in total. The van der Waals surface area contributed by atoms with Gasteiger partial charge in [-0.2, -0.15) is 0 Å². The van der Waals surface area contributed by atoms with E-state index in [4.69, 9.17) is 0 Å². The fourth-order valence-electron chi connectivity index (χ4n) is 3.73. The SMILES string of the molecule is O=C(N[C@H](Cc1ccccn1)[C@H](O)CO)c1ccccc1C1=NCC(c2ccc(F)cc2)=C1. The fraction of sp³-hybridized carbons (Fsp3) is 0.192. The molecule has 0 fully saturated rings. The van der Waals surface area contributed by atoms with Crippen LogP contribution in [0.25, 0.3) is 5.57 Å². The number of carbonyl (C=O) groups is 1. The van der Waals surface area contributed by atoms with Gasteiger partial charge in [-0.1, -0.05) is 36.4 Å². The van der Waals surface area contributed by atoms with Crippen molar-refractivity contribution in [2.75, 3.05) is 13.2 Å². The van der Waals surface area contributed by atoms with Crippen molar-refractivity contribution in [3.05, 3.63) is 107 Å². The van der Waals surface area contributed by atoms with Gasteiger partial charge in [0, 0.05) is 29.4 Å². The average molecular weight is 445 g/mol. The number of nitrogens with zero attached hydrogens (tertiary/aromatic N) is 2. The Morgan fingerprint density at radius 3 is 2.55 bits per heavy atom. The van der Waals surface area contributed by atoms with E-state index in [2.05, 4.69) is 15.3 Å². The van der Waals surface area contributed by atoms with E-state index in [0.717, 1.165) is 11.1 Å². The summed E-state index contributed by atoms with van der Waals surface area (Å²) in [4.78, 5) is 22.0. The van der Waals surface area contributed by atoms with Crippen LogP contribution < -0.4 is 5.32 Å². The minimum atomic E-state index is -1.14. The summed E-state index contributed by atoms with van der Waals surface area (Å²) in [5.74, 6) is -0.684. The van der Waals surface area contributed by atoms with Crippen LogP contribution in [0.2, 0.25) is 0 Å². The number of benzene rings is 2. The Kier molecular flexibility index (Phi) is 7.02. The second-order valence-electron chi connectivity index (χ2n) is 7.78. The Morgan fingerprint density at radius 1 is 1.06 bits per heavy atom. The molecule has 1 aliphatic heterocycles. The zero-order chi connectivity index (χ0) is 23.2. The number of amides is 1. The molecule has 0 saturated heterocycles. The molecule has 4 rings (SSSR count). The van der Waals surface area contributed by atoms with Crippen LogP contribution in [0, 0.1) is 5.82 Å². The second-order valence-corrected chi connectivity index (χ2v) is 7.78. The van der Waals surface area contributed by atoms with Gasteiger partial charge < -0.3 is 15.5 Å². The lowest BCUT2D eigenvalue weighted by atomic mass is 9.99. The smallest absolute Gasteiger partial charge is 0.252 e. The number of carbonyl (C=O) groups excluding carboxylic acids is 1. The van der Waals surface area contributed by atoms with E-state index in [-0.39, 0.29) is 18.1 Å². The molecular weight excluding hydrogens is 421 g/mol. The van der Waals surface area contributed by atoms with Crippen molar-refractivity contribution in [1.82, 2.24) is 10.3 Å². The molecule has 1 aromatic heterocycles. The predicted octanol–water partition coefficient (Wildman–Crippen LogP) is 2.80. The minimum Gasteiger partial charge on any atom is -0.394 e. The highest BCUT2D eigenvalue weighted by Crippen LogP contribution is 2.23. The second kappa shape index (κ2) is 10.3. The van der Waals surface area contributed by atoms with Crippen molar-refractivity contribution in [2.24, 2.45) is 4.99 Å². The van der Waals surface area contributed by atoms with E-state index in [1.165, 1.54) is 12.1 Å². The zero-order valence-electron chi connectivity index (χ0n) is 17.9. The third-order valence-electron chi connectivity index (χ3n) is 5.52. The molecule has 1 aliphatic rings. The van der Waals surface area contributed by atoms with Crippen LogP contribution in [-0.2, 0) is 6.42 Å². The number of aliphatic hydroxyl groups excluding tert-OH is 2. The van der Waals surface area contributed by atoms with Gasteiger partial charge in [0.25, 0.3) is 5.91 Å². The summed E-state index contributed by atoms with van der Waals surface area (Å²) < 4.78 is 13.3. The number of aliphatic imine (C=N–C) groups is 1. The Morgan fingerprint density at radius 2 is 1.82 bits per heavy atom. The van der Waals surface area contributed by atoms with Crippen LogP contribution in [0.3, 0.4) is 0 Å². The summed E-state index contributed by atoms with van der Waals surface area (Å²) in [6.45, 7) is -0.0572. The highest BCUT2D eigenvalue weighted by Gasteiger charge is 2.24. The molecule has 2 aromatic carbocycles. The standard InChI is InChI=1S/C26H24FN3O3/c27-19-10-8-17(9-11-19)18-13-23(29-15-18)21-6-1-2-7-22(21)26(33)30-24(25(32)16-31)14-20-5-3-4-12-28-20/h1-13,24-25,31-32H,14-16H2,(H,30,33)/t24-,25-/m1/s1. The Hall–Kier alpha value is -3.68. The van der Waals surface area contributed by atoms with E-state index >= 15 is 0 Å². The fourth-order valence-corrected chi connectivity index (χ4v) is 3.73. The number of nitrogens with one attached hydrogen (secondary N) is 1. The Balaban J connectivity index is 1.56. The molecule has 6 nitrogen and oxygen atoms in total. The van der Waals surface area contributed by atoms with Crippen LogP contribution >= 0.6 is 0 Å². The Labute approximate surface area is 191 Å². The molecule has 0 saturated carbocycles. The van der Waals surface area contributed by atoms with E-state index in [1.54, 1.807) is 42.6 Å². The average Bonchev–Trinajstić information content (AvgIpc) is 3.34. The maximum Gasteiger partial charge on any atom is 0.252 e. The number of allylic oxidation sites excluding steroid dienone is 1. The lowest BCUT2D eigenvalue weighted by Crippen LogP contribution is -2.46. The maximum atomic E-state index is 13.3. The molecule has 0 bridgehead atoms. The van der Waals surface area contributed by atoms with Gasteiger partial charge in [0.05, 0.1) is 31.0 Å². The number of pyridine rings is 1. The zero-order valence-corrected chi connectivity index (χ0v) is 17.9. The number of aliphatic hydroxyl groups is 2. The molecule has 0 unspecified atom stereocenters. The predicted molar refractivity (Wildman–Crippen MR) is 125 cm³/mol. The van der Waals surface area contributed by atoms with Gasteiger partial charge in [-0.05, 0) is 47.5 Å². The minimum absolute atomic E-state index is 0.270. The van der Waals surface area contributed by atoms with Crippen molar-refractivity contribution in [1.29, 1.82) is 0 Å². The lowest BCUT2D eigenvalue weighted by molar-refractivity contribution is 0.0565. The third kappa shape index (κ3) is 5.39. The van der Waals surface area contributed by atoms with Crippen molar-refractivity contribution >= 4 is 17.2 Å². The van der Waals surface area contributed by atoms with Crippen LogP contribution in [-0.4, -0.2) is 52.1 Å². The van der Waals surface area contributed by atoms with E-state index < -0.39 is 18.8 Å². The van der Waals surface area contributed by atoms with Crippen molar-refractivity contribution in [2.45, 2.75) is 18.6 Å². The maximum absolute atomic E-state index is 13.3. The molecule has 0 aliphatic carbocycles. The largest absolute Gasteiger partial charge is 0.394 e. The highest BCUT2D eigenvalue weighted by atomic mass is 19.1. The Bertz CT molecular complexity index is 1180. The first-order valence-electron chi connectivity index (χ1n) is 10.6. The number of aromatic nitrogens is 1. The summed E-state index contributed by atoms with van der Waals surface area (Å²) in [5.41, 5.74) is 4.22. The van der Waals surface area contributed by atoms with Gasteiger partial charge >= 0.3 is 0 Å². The molecule has 0 spiro atoms. The van der Waals surface area contributed by atoms with E-state index in [1.807, 2.05) is 24.3 Å². The number of hydrogen-bond acceptors (Lipinski definition) is 5. The van der Waals surface area contributed by atoms with Crippen LogP contribution in [0.4, 0.5) is 4.39 Å². The molecule has 168 valence electrons. The van der Waals surface area contributed by atoms with E-state index in [9.17, 15) is 19.4 Å². The number of rotatable bonds is 8. The summed E-state index contributed by atoms with van der Waals surface area (Å²) in [5, 5.41) is 22.6. The van der Waals surface area contributed by atoms with Crippen molar-refractivity contribution in [3.8, 4) is 0 Å². The van der Waals surface area contributed by atoms with Gasteiger partial charge in [-0.3, -0.25) is 14.8 Å². The van der Waals surface area contributed by atoms with Gasteiger partial charge in [-0.15, -0.1) is 0 Å². The topological polar surface area (TPSA) is 94.8 Å². The van der Waals surface area contributed by atoms with E-state index in [0.29, 0.717) is 29.1 Å². The first kappa shape index (κ1) is 22.5. The van der Waals surface area contributed by atoms with Gasteiger partial charge in [0.15, 0.2) is 0 Å². The molecule has 1 amide bonds. The van der Waals surface area contributed by atoms with Gasteiger partial charge in [-0.25, -0.2) is 4.39 Å². The van der Waals surface area contributed by atoms with Crippen molar-refractivity contribution in [3.63, 3.8) is 0 Å². The molecule has 2 heterocycles. The first-order chi connectivity index (χ1) is 16.0. The summed E-state index contributed by atoms with van der Waals surface area (Å²) >= 11 is 0. The molecule has 0 radical (unpaired) electrons. The first-order valence-corrected chi connectivity index (χ1v) is 10.6. The van der Waals surface area contributed by atoms with Crippen molar-refractivity contribution < 1.29 is 19.4 Å². The molecule has 2 atom stereocenters. The van der Waals surface area contributed by atoms with Crippen LogP contribution in [0.5, 0.6) is 0 Å². The quantitative estimate of drug-likeness (QED) is 0.497. The molecule has 33 heavy (non-hydrogen) atoms. The summed E-state index contributed by atoms with van der Waals surface area (Å²) in [6.07, 6.45) is 2.66. The number of hydrogen-bond donors (Lipinski definition) is 3. The molecular formula is C26H24FN3O3.